The largest absolute Gasteiger partial charge is 1.00 e. The molecule has 4 rings (SSSR count). The molecule has 3 fully saturated rings. The van der Waals surface area contributed by atoms with Gasteiger partial charge in [-0.05, 0) is 6.07 Å². The van der Waals surface area contributed by atoms with Gasteiger partial charge in [-0.2, -0.15) is 0 Å². The van der Waals surface area contributed by atoms with Crippen LogP contribution in [0.4, 0.5) is 0 Å². The quantitative estimate of drug-likeness (QED) is 0.489. The SMILES string of the molecule is CC12CO[B-](c3ccco3)(OC1)OC2.[Na+]. The van der Waals surface area contributed by atoms with Crippen LogP contribution in [-0.4, -0.2) is 26.6 Å². The molecule has 6 heteroatoms. The second-order valence-electron chi connectivity index (χ2n) is 4.40. The van der Waals surface area contributed by atoms with Crippen molar-refractivity contribution >= 4 is 12.4 Å². The summed E-state index contributed by atoms with van der Waals surface area (Å²) in [6.07, 6.45) is 1.60. The van der Waals surface area contributed by atoms with Crippen molar-refractivity contribution in [2.75, 3.05) is 19.8 Å². The van der Waals surface area contributed by atoms with Gasteiger partial charge in [-0.3, -0.25) is 0 Å². The third-order valence-electron chi connectivity index (χ3n) is 2.85. The van der Waals surface area contributed by atoms with Crippen molar-refractivity contribution in [1.29, 1.82) is 0 Å². The molecule has 0 atom stereocenters. The van der Waals surface area contributed by atoms with Crippen molar-refractivity contribution in [2.24, 2.45) is 5.41 Å². The summed E-state index contributed by atoms with van der Waals surface area (Å²) in [4.78, 5) is 0. The zero-order valence-corrected chi connectivity index (χ0v) is 11.1. The van der Waals surface area contributed by atoms with Crippen molar-refractivity contribution in [3.63, 3.8) is 0 Å². The Morgan fingerprint density at radius 1 is 1.20 bits per heavy atom. The molecule has 0 radical (unpaired) electrons. The van der Waals surface area contributed by atoms with Crippen LogP contribution in [-0.2, 0) is 14.0 Å². The molecule has 15 heavy (non-hydrogen) atoms. The standard InChI is InChI=1S/C9H12BO4.Na/c1-9-5-12-10(13-6-9,14-7-9)8-3-2-4-11-8;/h2-4H,5-7H2,1H3;/q-1;+1. The van der Waals surface area contributed by atoms with E-state index in [1.54, 1.807) is 6.26 Å². The molecular weight excluding hydrogens is 206 g/mol. The fourth-order valence-corrected chi connectivity index (χ4v) is 1.94. The molecule has 0 saturated carbocycles. The molecule has 3 saturated heterocycles. The van der Waals surface area contributed by atoms with Crippen LogP contribution in [0.1, 0.15) is 6.92 Å². The molecule has 1 aromatic heterocycles. The molecule has 0 unspecified atom stereocenters. The Hall–Kier alpha value is 0.225. The normalized spacial score (nSPS) is 38.7. The maximum atomic E-state index is 5.64. The van der Waals surface area contributed by atoms with Crippen LogP contribution in [0.5, 0.6) is 0 Å². The van der Waals surface area contributed by atoms with Gasteiger partial charge >= 0.3 is 36.3 Å². The van der Waals surface area contributed by atoms with E-state index < -0.39 is 6.75 Å². The van der Waals surface area contributed by atoms with E-state index in [-0.39, 0.29) is 35.0 Å². The van der Waals surface area contributed by atoms with Crippen LogP contribution in [0, 0.1) is 5.41 Å². The molecular formula is C9H12BNaO4. The molecule has 1 aromatic rings. The van der Waals surface area contributed by atoms with Crippen molar-refractivity contribution in [3.8, 4) is 0 Å². The number of rotatable bonds is 1. The van der Waals surface area contributed by atoms with Gasteiger partial charge in [0.15, 0.2) is 0 Å². The van der Waals surface area contributed by atoms with Gasteiger partial charge in [-0.15, -0.1) is 0 Å². The van der Waals surface area contributed by atoms with Crippen LogP contribution in [0.3, 0.4) is 0 Å². The predicted molar refractivity (Wildman–Crippen MR) is 50.1 cm³/mol. The zero-order valence-electron chi connectivity index (χ0n) is 9.06. The molecule has 76 valence electrons. The van der Waals surface area contributed by atoms with E-state index in [1.165, 1.54) is 0 Å². The second kappa shape index (κ2) is 3.91. The second-order valence-corrected chi connectivity index (χ2v) is 4.40. The Balaban J connectivity index is 0.000000853. The first-order chi connectivity index (χ1) is 6.73. The van der Waals surface area contributed by atoms with Crippen LogP contribution in [0.15, 0.2) is 22.8 Å². The van der Waals surface area contributed by atoms with E-state index in [1.807, 2.05) is 12.1 Å². The Morgan fingerprint density at radius 3 is 2.27 bits per heavy atom. The van der Waals surface area contributed by atoms with Gasteiger partial charge in [0.25, 0.3) is 0 Å². The minimum absolute atomic E-state index is 0. The molecule has 3 aliphatic rings. The first-order valence-corrected chi connectivity index (χ1v) is 4.82. The van der Waals surface area contributed by atoms with E-state index in [0.29, 0.717) is 25.5 Å². The third kappa shape index (κ3) is 1.81. The van der Waals surface area contributed by atoms with Crippen LogP contribution >= 0.6 is 0 Å². The predicted octanol–water partition coefficient (Wildman–Crippen LogP) is -2.49. The maximum absolute atomic E-state index is 5.64. The average Bonchev–Trinajstić information content (AvgIpc) is 2.73. The Morgan fingerprint density at radius 2 is 1.80 bits per heavy atom. The van der Waals surface area contributed by atoms with Crippen molar-refractivity contribution in [1.82, 2.24) is 0 Å². The fraction of sp³-hybridized carbons (Fsp3) is 0.556. The van der Waals surface area contributed by atoms with Crippen LogP contribution in [0.25, 0.3) is 0 Å². The molecule has 4 nitrogen and oxygen atoms in total. The van der Waals surface area contributed by atoms with Gasteiger partial charge in [0.2, 0.25) is 0 Å². The summed E-state index contributed by atoms with van der Waals surface area (Å²) >= 11 is 0. The Labute approximate surface area is 111 Å². The summed E-state index contributed by atoms with van der Waals surface area (Å²) in [7, 11) is 0. The van der Waals surface area contributed by atoms with Gasteiger partial charge in [0.1, 0.15) is 0 Å². The summed E-state index contributed by atoms with van der Waals surface area (Å²) in [6.45, 7) is 2.34. The molecule has 0 spiro atoms. The number of fused-ring (bicyclic) bond motifs is 3. The van der Waals surface area contributed by atoms with Crippen LogP contribution < -0.4 is 35.2 Å². The van der Waals surface area contributed by atoms with E-state index in [2.05, 4.69) is 6.92 Å². The molecule has 3 aliphatic heterocycles. The smallest absolute Gasteiger partial charge is 0.538 e. The first-order valence-electron chi connectivity index (χ1n) is 4.82. The average molecular weight is 218 g/mol. The molecule has 0 N–H and O–H groups in total. The fourth-order valence-electron chi connectivity index (χ4n) is 1.94. The minimum Gasteiger partial charge on any atom is -0.538 e. The van der Waals surface area contributed by atoms with E-state index >= 15 is 0 Å². The van der Waals surface area contributed by atoms with Gasteiger partial charge < -0.3 is 18.4 Å². The number of furan rings is 1. The van der Waals surface area contributed by atoms with Crippen molar-refractivity contribution in [3.05, 3.63) is 18.4 Å². The van der Waals surface area contributed by atoms with Gasteiger partial charge in [-0.25, -0.2) is 0 Å². The molecule has 0 amide bonds. The van der Waals surface area contributed by atoms with E-state index in [4.69, 9.17) is 18.4 Å². The van der Waals surface area contributed by atoms with Crippen LogP contribution in [0.2, 0.25) is 0 Å². The summed E-state index contributed by atoms with van der Waals surface area (Å²) in [5.74, 6) is 0. The van der Waals surface area contributed by atoms with Crippen molar-refractivity contribution < 1.29 is 47.9 Å². The molecule has 4 heterocycles. The number of hydrogen-bond donors (Lipinski definition) is 0. The molecule has 0 aromatic carbocycles. The first kappa shape index (κ1) is 11.7. The van der Waals surface area contributed by atoms with Gasteiger partial charge in [0.05, 0.1) is 6.26 Å². The van der Waals surface area contributed by atoms with E-state index in [9.17, 15) is 0 Å². The third-order valence-corrected chi connectivity index (χ3v) is 2.85. The summed E-state index contributed by atoms with van der Waals surface area (Å²) in [5.41, 5.74) is 0.655. The Kier molecular flexibility index (Phi) is 3.05. The monoisotopic (exact) mass is 218 g/mol. The molecule has 2 bridgehead atoms. The summed E-state index contributed by atoms with van der Waals surface area (Å²) in [6, 6.07) is 3.64. The van der Waals surface area contributed by atoms with Gasteiger partial charge in [-0.1, -0.05) is 13.0 Å². The van der Waals surface area contributed by atoms with Gasteiger partial charge in [0, 0.05) is 30.9 Å². The van der Waals surface area contributed by atoms with E-state index in [0.717, 1.165) is 0 Å². The minimum atomic E-state index is -1.78. The Bertz CT molecular complexity index is 315. The number of hydrogen-bond acceptors (Lipinski definition) is 4. The summed E-state index contributed by atoms with van der Waals surface area (Å²) < 4.78 is 22.2. The molecule has 0 aliphatic carbocycles. The maximum Gasteiger partial charge on any atom is 1.00 e. The topological polar surface area (TPSA) is 40.8 Å². The zero-order chi connectivity index (χ0) is 9.65. The van der Waals surface area contributed by atoms with Crippen molar-refractivity contribution in [2.45, 2.75) is 6.92 Å². The summed E-state index contributed by atoms with van der Waals surface area (Å²) in [5, 5.41) is 0.